The van der Waals surface area contributed by atoms with Crippen molar-refractivity contribution in [1.29, 1.82) is 0 Å². The van der Waals surface area contributed by atoms with Gasteiger partial charge in [0.25, 0.3) is 11.6 Å². The number of carbonyl (C=O) groups excluding carboxylic acids is 1. The summed E-state index contributed by atoms with van der Waals surface area (Å²) in [5, 5.41) is 12.1. The van der Waals surface area contributed by atoms with Crippen molar-refractivity contribution < 1.29 is 14.5 Å². The Morgan fingerprint density at radius 3 is 2.73 bits per heavy atom. The van der Waals surface area contributed by atoms with Gasteiger partial charge < -0.3 is 19.6 Å². The Labute approximate surface area is 190 Å². The van der Waals surface area contributed by atoms with Crippen LogP contribution in [0.15, 0.2) is 73.3 Å². The molecule has 0 radical (unpaired) electrons. The average molecular weight is 447 g/mol. The Hall–Kier alpha value is -3.98. The molecule has 2 N–H and O–H groups in total. The third-order valence-corrected chi connectivity index (χ3v) is 5.52. The normalized spacial score (nSPS) is 12.1. The van der Waals surface area contributed by atoms with Crippen LogP contribution in [0.1, 0.15) is 28.9 Å². The molecule has 1 amide bonds. The second-order valence-corrected chi connectivity index (χ2v) is 7.89. The monoisotopic (exact) mass is 447 g/mol. The van der Waals surface area contributed by atoms with Gasteiger partial charge in [-0.05, 0) is 30.5 Å². The first-order valence-corrected chi connectivity index (χ1v) is 10.7. The van der Waals surface area contributed by atoms with Crippen molar-refractivity contribution in [1.82, 2.24) is 14.1 Å². The molecule has 0 spiro atoms. The summed E-state index contributed by atoms with van der Waals surface area (Å²) in [6.45, 7) is 1.71. The number of nitro groups is 1. The summed E-state index contributed by atoms with van der Waals surface area (Å²) in [5.41, 5.74) is 7.53. The lowest BCUT2D eigenvalue weighted by molar-refractivity contribution is -0.384. The van der Waals surface area contributed by atoms with Crippen molar-refractivity contribution in [3.8, 4) is 0 Å². The second kappa shape index (κ2) is 10.1. The van der Waals surface area contributed by atoms with Crippen LogP contribution in [-0.2, 0) is 24.4 Å². The molecule has 9 heteroatoms. The van der Waals surface area contributed by atoms with Gasteiger partial charge in [0.2, 0.25) is 0 Å². The highest BCUT2D eigenvalue weighted by Crippen LogP contribution is 2.23. The number of nitro benzene ring substituents is 1. The van der Waals surface area contributed by atoms with E-state index in [1.165, 1.54) is 6.07 Å². The largest absolute Gasteiger partial charge is 0.372 e. The third-order valence-electron chi connectivity index (χ3n) is 5.52. The summed E-state index contributed by atoms with van der Waals surface area (Å²) < 4.78 is 10.0. The number of imidazole rings is 1. The molecule has 0 fully saturated rings. The molecule has 4 rings (SSSR count). The van der Waals surface area contributed by atoms with Crippen molar-refractivity contribution >= 4 is 22.5 Å². The quantitative estimate of drug-likeness (QED) is 0.276. The van der Waals surface area contributed by atoms with Crippen LogP contribution in [0, 0.1) is 10.1 Å². The van der Waals surface area contributed by atoms with Gasteiger partial charge >= 0.3 is 0 Å². The van der Waals surface area contributed by atoms with Gasteiger partial charge in [-0.3, -0.25) is 14.9 Å². The summed E-state index contributed by atoms with van der Waals surface area (Å²) in [5.74, 6) is -0.566. The summed E-state index contributed by atoms with van der Waals surface area (Å²) in [6.07, 6.45) is 6.60. The highest BCUT2D eigenvalue weighted by atomic mass is 16.6. The highest BCUT2D eigenvalue weighted by Gasteiger charge is 2.14. The fourth-order valence-corrected chi connectivity index (χ4v) is 3.81. The maximum atomic E-state index is 11.4. The first-order valence-electron chi connectivity index (χ1n) is 10.7. The van der Waals surface area contributed by atoms with Crippen LogP contribution in [0.3, 0.4) is 0 Å². The lowest BCUT2D eigenvalue weighted by atomic mass is 10.1. The summed E-state index contributed by atoms with van der Waals surface area (Å²) >= 11 is 0. The molecule has 2 aromatic carbocycles. The minimum Gasteiger partial charge on any atom is -0.372 e. The van der Waals surface area contributed by atoms with Gasteiger partial charge in [-0.15, -0.1) is 0 Å². The molecule has 0 aliphatic rings. The minimum absolute atomic E-state index is 0.0804. The number of fused-ring (bicyclic) bond motifs is 1. The Bertz CT molecular complexity index is 1250. The zero-order chi connectivity index (χ0) is 23.2. The molecular weight excluding hydrogens is 422 g/mol. The number of benzene rings is 2. The van der Waals surface area contributed by atoms with Gasteiger partial charge in [-0.25, -0.2) is 4.98 Å². The molecule has 0 aliphatic carbocycles. The number of ether oxygens (including phenoxy) is 1. The topological polar surface area (TPSA) is 118 Å². The number of nitrogens with two attached hydrogens (primary N) is 1. The average Bonchev–Trinajstić information content (AvgIpc) is 3.45. The van der Waals surface area contributed by atoms with E-state index >= 15 is 0 Å². The van der Waals surface area contributed by atoms with Crippen molar-refractivity contribution in [2.75, 3.05) is 0 Å². The first kappa shape index (κ1) is 22.2. The molecule has 2 heterocycles. The zero-order valence-corrected chi connectivity index (χ0v) is 18.0. The van der Waals surface area contributed by atoms with E-state index in [2.05, 4.69) is 4.98 Å². The first-order chi connectivity index (χ1) is 16.0. The number of hydrogen-bond donors (Lipinski definition) is 1. The Balaban J connectivity index is 1.42. The molecular formula is C24H25N5O4. The van der Waals surface area contributed by atoms with Crippen molar-refractivity contribution in [3.63, 3.8) is 0 Å². The second-order valence-electron chi connectivity index (χ2n) is 7.89. The lowest BCUT2D eigenvalue weighted by Gasteiger charge is -2.19. The van der Waals surface area contributed by atoms with E-state index < -0.39 is 5.91 Å². The van der Waals surface area contributed by atoms with Crippen molar-refractivity contribution in [2.45, 2.75) is 38.6 Å². The summed E-state index contributed by atoms with van der Waals surface area (Å²) in [4.78, 5) is 26.1. The van der Waals surface area contributed by atoms with E-state index in [4.69, 9.17) is 10.5 Å². The van der Waals surface area contributed by atoms with Gasteiger partial charge in [0.1, 0.15) is 5.69 Å². The zero-order valence-electron chi connectivity index (χ0n) is 18.0. The van der Waals surface area contributed by atoms with E-state index in [0.29, 0.717) is 19.7 Å². The van der Waals surface area contributed by atoms with Crippen LogP contribution >= 0.6 is 0 Å². The maximum absolute atomic E-state index is 11.4. The SMILES string of the molecule is NC(=O)c1cn(C[C@H](CCCn2ccc3ccc([N+](=O)[O-])cc32)OCc2ccccc2)cn1. The van der Waals surface area contributed by atoms with E-state index in [1.54, 1.807) is 24.7 Å². The minimum atomic E-state index is -0.566. The summed E-state index contributed by atoms with van der Waals surface area (Å²) in [6, 6.07) is 16.8. The van der Waals surface area contributed by atoms with Crippen LogP contribution in [-0.4, -0.2) is 31.1 Å². The van der Waals surface area contributed by atoms with E-state index in [9.17, 15) is 14.9 Å². The van der Waals surface area contributed by atoms with Crippen LogP contribution < -0.4 is 5.73 Å². The molecule has 0 aliphatic heterocycles. The standard InChI is InChI=1S/C24H25N5O4/c25-24(30)22-15-27(17-26-22)14-21(33-16-18-5-2-1-3-6-18)7-4-11-28-12-10-19-8-9-20(29(31)32)13-23(19)28/h1-3,5-6,8-10,12-13,15,17,21H,4,7,11,14,16H2,(H2,25,30)/t21-/m0/s1. The van der Waals surface area contributed by atoms with Crippen LogP contribution in [0.25, 0.3) is 10.9 Å². The number of rotatable bonds is 11. The van der Waals surface area contributed by atoms with Gasteiger partial charge in [0.15, 0.2) is 0 Å². The fraction of sp³-hybridized carbons (Fsp3) is 0.250. The van der Waals surface area contributed by atoms with E-state index in [1.807, 2.05) is 51.7 Å². The molecule has 0 bridgehead atoms. The molecule has 4 aromatic rings. The van der Waals surface area contributed by atoms with E-state index in [-0.39, 0.29) is 22.4 Å². The van der Waals surface area contributed by atoms with Gasteiger partial charge in [0.05, 0.1) is 29.5 Å². The van der Waals surface area contributed by atoms with Gasteiger partial charge in [-0.2, -0.15) is 0 Å². The van der Waals surface area contributed by atoms with Gasteiger partial charge in [-0.1, -0.05) is 30.3 Å². The molecule has 2 aromatic heterocycles. The van der Waals surface area contributed by atoms with Crippen molar-refractivity contribution in [3.05, 3.63) is 94.7 Å². The predicted octanol–water partition coefficient (Wildman–Crippen LogP) is 3.91. The van der Waals surface area contributed by atoms with Crippen LogP contribution in [0.4, 0.5) is 5.69 Å². The number of non-ortho nitro benzene ring substituents is 1. The number of aromatic nitrogens is 3. The Morgan fingerprint density at radius 1 is 1.18 bits per heavy atom. The van der Waals surface area contributed by atoms with Crippen LogP contribution in [0.2, 0.25) is 0 Å². The number of carbonyl (C=O) groups is 1. The van der Waals surface area contributed by atoms with E-state index in [0.717, 1.165) is 29.3 Å². The molecule has 33 heavy (non-hydrogen) atoms. The predicted molar refractivity (Wildman–Crippen MR) is 124 cm³/mol. The highest BCUT2D eigenvalue weighted by molar-refractivity contribution is 5.90. The number of aryl methyl sites for hydroxylation is 1. The molecule has 9 nitrogen and oxygen atoms in total. The molecule has 0 saturated carbocycles. The number of hydrogen-bond acceptors (Lipinski definition) is 5. The Morgan fingerprint density at radius 2 is 2.00 bits per heavy atom. The van der Waals surface area contributed by atoms with Gasteiger partial charge in [0, 0.05) is 43.0 Å². The van der Waals surface area contributed by atoms with Crippen molar-refractivity contribution in [2.24, 2.45) is 5.73 Å². The molecule has 170 valence electrons. The Kier molecular flexibility index (Phi) is 6.80. The number of amides is 1. The lowest BCUT2D eigenvalue weighted by Crippen LogP contribution is -2.20. The van der Waals surface area contributed by atoms with Crippen LogP contribution in [0.5, 0.6) is 0 Å². The number of nitrogens with zero attached hydrogens (tertiary/aromatic N) is 4. The third kappa shape index (κ3) is 5.64. The molecule has 1 atom stereocenters. The maximum Gasteiger partial charge on any atom is 0.271 e. The smallest absolute Gasteiger partial charge is 0.271 e. The molecule has 0 unspecified atom stereocenters. The fourth-order valence-electron chi connectivity index (χ4n) is 3.81. The summed E-state index contributed by atoms with van der Waals surface area (Å²) in [7, 11) is 0. The number of primary amides is 1. The molecule has 0 saturated heterocycles.